The van der Waals surface area contributed by atoms with E-state index in [2.05, 4.69) is 0 Å². The zero-order valence-corrected chi connectivity index (χ0v) is 7.26. The van der Waals surface area contributed by atoms with E-state index in [1.54, 1.807) is 0 Å². The van der Waals surface area contributed by atoms with Crippen molar-refractivity contribution in [2.75, 3.05) is 0 Å². The molecule has 0 N–H and O–H groups in total. The van der Waals surface area contributed by atoms with E-state index in [0.29, 0.717) is 0 Å². The summed E-state index contributed by atoms with van der Waals surface area (Å²) in [5.74, 6) is 0. The first kappa shape index (κ1) is 9.12. The van der Waals surface area contributed by atoms with Crippen LogP contribution in [0, 0.1) is 0 Å². The molecule has 4 heavy (non-hydrogen) atoms. The molecular weight excluding hydrogens is 270 g/mol. The molecular formula is F2MgPb. The molecule has 0 saturated carbocycles. The van der Waals surface area contributed by atoms with Gasteiger partial charge in [-0.15, -0.1) is 0 Å². The Morgan fingerprint density at radius 1 is 1.25 bits per heavy atom. The summed E-state index contributed by atoms with van der Waals surface area (Å²) in [5, 5.41) is 0. The van der Waals surface area contributed by atoms with Crippen LogP contribution in [0.5, 0.6) is 0 Å². The summed E-state index contributed by atoms with van der Waals surface area (Å²) in [6.07, 6.45) is 0. The van der Waals surface area contributed by atoms with Gasteiger partial charge in [0.25, 0.3) is 0 Å². The van der Waals surface area contributed by atoms with E-state index in [4.69, 9.17) is 0 Å². The third-order valence-electron chi connectivity index (χ3n) is 0. The summed E-state index contributed by atoms with van der Waals surface area (Å²) in [6, 6.07) is 0. The van der Waals surface area contributed by atoms with Crippen molar-refractivity contribution in [3.63, 3.8) is 0 Å². The minimum absolute atomic E-state index is 0. The molecule has 0 aromatic carbocycles. The van der Waals surface area contributed by atoms with Gasteiger partial charge in [-0.25, -0.2) is 0 Å². The number of hydrogen-bond donors (Lipinski definition) is 0. The van der Waals surface area contributed by atoms with E-state index in [-0.39, 0.29) is 23.1 Å². The number of hydrogen-bond acceptors (Lipinski definition) is 0. The monoisotopic (exact) mass is 270 g/mol. The van der Waals surface area contributed by atoms with Crippen molar-refractivity contribution in [1.82, 2.24) is 0 Å². The van der Waals surface area contributed by atoms with Crippen LogP contribution >= 0.6 is 0 Å². The van der Waals surface area contributed by atoms with Gasteiger partial charge in [-0.05, 0) is 0 Å². The smallest absolute Gasteiger partial charge is 0 e. The predicted molar refractivity (Wildman–Crippen MR) is 13.7 cm³/mol. The molecule has 0 bridgehead atoms. The Labute approximate surface area is 53.2 Å². The maximum atomic E-state index is 9.82. The second-order valence-corrected chi connectivity index (χ2v) is 0.627. The van der Waals surface area contributed by atoms with Gasteiger partial charge >= 0.3 is 30.5 Å². The van der Waals surface area contributed by atoms with Crippen molar-refractivity contribution in [2.45, 2.75) is 0 Å². The van der Waals surface area contributed by atoms with Crippen molar-refractivity contribution in [2.24, 2.45) is 0 Å². The van der Waals surface area contributed by atoms with E-state index in [1.165, 1.54) is 0 Å². The van der Waals surface area contributed by atoms with Crippen molar-refractivity contribution in [3.8, 4) is 0 Å². The third-order valence-corrected chi connectivity index (χ3v) is 0. The summed E-state index contributed by atoms with van der Waals surface area (Å²) in [5.41, 5.74) is 0. The molecule has 4 heteroatoms. The van der Waals surface area contributed by atoms with Gasteiger partial charge in [0.2, 0.25) is 0 Å². The molecule has 4 radical (unpaired) electrons. The molecule has 0 aliphatic rings. The fourth-order valence-electron chi connectivity index (χ4n) is 0. The Balaban J connectivity index is 0. The second-order valence-electron chi connectivity index (χ2n) is 0.0714. The molecule has 0 fully saturated rings. The maximum absolute atomic E-state index is 9.82. The van der Waals surface area contributed by atoms with E-state index >= 15 is 0 Å². The van der Waals surface area contributed by atoms with Gasteiger partial charge in [-0.1, -0.05) is 0 Å². The van der Waals surface area contributed by atoms with E-state index in [1.807, 2.05) is 0 Å². The first-order valence-electron chi connectivity index (χ1n) is 0.378. The van der Waals surface area contributed by atoms with Crippen LogP contribution in [0.1, 0.15) is 0 Å². The Morgan fingerprint density at radius 2 is 1.25 bits per heavy atom. The topological polar surface area (TPSA) is 0 Å². The van der Waals surface area contributed by atoms with Gasteiger partial charge in [-0.2, -0.15) is 0 Å². The Kier molecular flexibility index (Phi) is 20.1. The van der Waals surface area contributed by atoms with Gasteiger partial charge in [0.1, 0.15) is 0 Å². The Morgan fingerprint density at radius 3 is 1.25 bits per heavy atom. The Hall–Kier alpha value is 1.55. The zero-order chi connectivity index (χ0) is 2.71. The van der Waals surface area contributed by atoms with Gasteiger partial charge in [-0.3, -0.25) is 0 Å². The minimum atomic E-state index is -2.92. The standard InChI is InChI=1S/2FH.Mg.Pb/h2*1H;;/q;;;+2/p-2. The van der Waals surface area contributed by atoms with Crippen molar-refractivity contribution < 1.29 is 5.02 Å². The van der Waals surface area contributed by atoms with Crippen LogP contribution in [-0.4, -0.2) is 48.5 Å². The molecule has 0 saturated heterocycles. The van der Waals surface area contributed by atoms with Gasteiger partial charge < -0.3 is 0 Å². The fraction of sp³-hybridized carbons (Fsp3) is 0. The van der Waals surface area contributed by atoms with Crippen molar-refractivity contribution in [1.29, 1.82) is 0 Å². The predicted octanol–water partition coefficient (Wildman–Crippen LogP) is 0.0788. The minimum Gasteiger partial charge on any atom is 0 e. The van der Waals surface area contributed by atoms with Crippen LogP contribution in [0.15, 0.2) is 0 Å². The van der Waals surface area contributed by atoms with Gasteiger partial charge in [0, 0.05) is 23.1 Å². The molecule has 0 rings (SSSR count). The first-order chi connectivity index (χ1) is 1.41. The normalized spacial score (nSPS) is 4.50. The van der Waals surface area contributed by atoms with Crippen LogP contribution < -0.4 is 0 Å². The number of rotatable bonds is 0. The molecule has 0 amide bonds. The summed E-state index contributed by atoms with van der Waals surface area (Å²) >= 11 is -2.92. The first-order valence-corrected chi connectivity index (χ1v) is 3.32. The fourth-order valence-corrected chi connectivity index (χ4v) is 0. The van der Waals surface area contributed by atoms with Crippen molar-refractivity contribution in [3.05, 3.63) is 0 Å². The molecule has 0 spiro atoms. The van der Waals surface area contributed by atoms with Crippen molar-refractivity contribution >= 4 is 48.5 Å². The number of halogens is 2. The second kappa shape index (κ2) is 8.82. The quantitative estimate of drug-likeness (QED) is 0.547. The largest absolute Gasteiger partial charge is 0 e. The van der Waals surface area contributed by atoms with E-state index in [0.717, 1.165) is 0 Å². The van der Waals surface area contributed by atoms with Crippen LogP contribution in [0.3, 0.4) is 0 Å². The van der Waals surface area contributed by atoms with Crippen LogP contribution in [0.4, 0.5) is 5.02 Å². The SMILES string of the molecule is [F][Pb][F].[Mg]. The summed E-state index contributed by atoms with van der Waals surface area (Å²) in [7, 11) is 0. The summed E-state index contributed by atoms with van der Waals surface area (Å²) < 4.78 is 19.6. The third kappa shape index (κ3) is 9.61. The molecule has 0 heterocycles. The van der Waals surface area contributed by atoms with Gasteiger partial charge in [0.05, 0.1) is 0 Å². The molecule has 0 unspecified atom stereocenters. The molecule has 0 aromatic heterocycles. The molecule has 0 atom stereocenters. The average Bonchev–Trinajstić information content (AvgIpc) is 0.918. The maximum Gasteiger partial charge on any atom is 0 e. The van der Waals surface area contributed by atoms with E-state index < -0.39 is 25.5 Å². The molecule has 0 aliphatic carbocycles. The van der Waals surface area contributed by atoms with Gasteiger partial charge in [0.15, 0.2) is 0 Å². The molecule has 0 aromatic rings. The van der Waals surface area contributed by atoms with Crippen LogP contribution in [0.2, 0.25) is 0 Å². The summed E-state index contributed by atoms with van der Waals surface area (Å²) in [4.78, 5) is 0. The molecule has 0 nitrogen and oxygen atoms in total. The average molecular weight is 270 g/mol. The molecule has 0 aliphatic heterocycles. The summed E-state index contributed by atoms with van der Waals surface area (Å²) in [6.45, 7) is 0. The molecule has 20 valence electrons. The van der Waals surface area contributed by atoms with E-state index in [9.17, 15) is 5.02 Å². The van der Waals surface area contributed by atoms with Crippen LogP contribution in [-0.2, 0) is 0 Å². The Bertz CT molecular complexity index is 6.00. The van der Waals surface area contributed by atoms with Crippen LogP contribution in [0.25, 0.3) is 0 Å². The zero-order valence-electron chi connectivity index (χ0n) is 1.96.